The molecule has 1 aliphatic heterocycles. The normalized spacial score (nSPS) is 26.7. The zero-order valence-corrected chi connectivity index (χ0v) is 12.4. The van der Waals surface area contributed by atoms with Crippen molar-refractivity contribution in [3.63, 3.8) is 0 Å². The first-order valence-corrected chi connectivity index (χ1v) is 8.04. The highest BCUT2D eigenvalue weighted by molar-refractivity contribution is 5.82. The summed E-state index contributed by atoms with van der Waals surface area (Å²) in [5, 5.41) is 8.86. The smallest absolute Gasteiger partial charge is 0.137 e. The fourth-order valence-corrected chi connectivity index (χ4v) is 3.84. The van der Waals surface area contributed by atoms with Gasteiger partial charge in [0.15, 0.2) is 0 Å². The molecule has 2 fully saturated rings. The highest BCUT2D eigenvalue weighted by Gasteiger charge is 2.36. The molecule has 1 aromatic carbocycles. The molecular weight excluding hydrogens is 260 g/mol. The lowest BCUT2D eigenvalue weighted by atomic mass is 9.82. The van der Waals surface area contributed by atoms with Crippen molar-refractivity contribution in [1.82, 2.24) is 4.90 Å². The van der Waals surface area contributed by atoms with Crippen LogP contribution in [0, 0.1) is 17.2 Å². The SMILES string of the molecule is N#Cc1ccc(CN2CCCC2C2CCCCC2=O)cc1. The van der Waals surface area contributed by atoms with Gasteiger partial charge in [0.1, 0.15) is 5.78 Å². The fourth-order valence-electron chi connectivity index (χ4n) is 3.84. The largest absolute Gasteiger partial charge is 0.299 e. The Balaban J connectivity index is 1.68. The number of nitriles is 1. The maximum absolute atomic E-state index is 12.2. The van der Waals surface area contributed by atoms with E-state index in [2.05, 4.69) is 11.0 Å². The molecule has 0 radical (unpaired) electrons. The van der Waals surface area contributed by atoms with Crippen LogP contribution in [0.5, 0.6) is 0 Å². The van der Waals surface area contributed by atoms with Crippen LogP contribution in [0.1, 0.15) is 49.7 Å². The minimum absolute atomic E-state index is 0.264. The first-order valence-electron chi connectivity index (χ1n) is 8.04. The zero-order chi connectivity index (χ0) is 14.7. The van der Waals surface area contributed by atoms with Gasteiger partial charge in [-0.05, 0) is 49.9 Å². The van der Waals surface area contributed by atoms with E-state index in [1.54, 1.807) is 0 Å². The van der Waals surface area contributed by atoms with Crippen LogP contribution in [0.25, 0.3) is 0 Å². The molecule has 1 heterocycles. The summed E-state index contributed by atoms with van der Waals surface area (Å²) in [6.07, 6.45) is 6.51. The number of ketones is 1. The van der Waals surface area contributed by atoms with E-state index in [0.717, 1.165) is 38.8 Å². The lowest BCUT2D eigenvalue weighted by Crippen LogP contribution is -2.40. The second-order valence-corrected chi connectivity index (χ2v) is 6.31. The third-order valence-corrected chi connectivity index (χ3v) is 4.95. The molecule has 0 amide bonds. The summed E-state index contributed by atoms with van der Waals surface area (Å²) in [6.45, 7) is 1.99. The van der Waals surface area contributed by atoms with Gasteiger partial charge in [0.2, 0.25) is 0 Å². The molecule has 0 spiro atoms. The van der Waals surface area contributed by atoms with Crippen molar-refractivity contribution in [1.29, 1.82) is 5.26 Å². The summed E-state index contributed by atoms with van der Waals surface area (Å²) < 4.78 is 0. The average Bonchev–Trinajstić information content (AvgIpc) is 2.96. The Bertz CT molecular complexity index is 543. The third-order valence-electron chi connectivity index (χ3n) is 4.95. The van der Waals surface area contributed by atoms with Crippen molar-refractivity contribution in [2.24, 2.45) is 5.92 Å². The molecule has 1 saturated carbocycles. The molecule has 3 rings (SSSR count). The van der Waals surface area contributed by atoms with Crippen LogP contribution in [0.3, 0.4) is 0 Å². The van der Waals surface area contributed by atoms with E-state index in [1.807, 2.05) is 24.3 Å². The monoisotopic (exact) mass is 282 g/mol. The van der Waals surface area contributed by atoms with Gasteiger partial charge in [-0.1, -0.05) is 18.6 Å². The molecule has 0 bridgehead atoms. The molecule has 2 aliphatic rings. The van der Waals surface area contributed by atoms with Crippen LogP contribution >= 0.6 is 0 Å². The van der Waals surface area contributed by atoms with E-state index in [1.165, 1.54) is 18.4 Å². The molecule has 0 N–H and O–H groups in total. The van der Waals surface area contributed by atoms with Crippen molar-refractivity contribution in [3.05, 3.63) is 35.4 Å². The molecule has 21 heavy (non-hydrogen) atoms. The predicted molar refractivity (Wildman–Crippen MR) is 81.6 cm³/mol. The topological polar surface area (TPSA) is 44.1 Å². The van der Waals surface area contributed by atoms with Crippen molar-refractivity contribution in [2.45, 2.75) is 51.1 Å². The van der Waals surface area contributed by atoms with Gasteiger partial charge in [-0.15, -0.1) is 0 Å². The minimum Gasteiger partial charge on any atom is -0.299 e. The molecule has 0 aromatic heterocycles. The van der Waals surface area contributed by atoms with Crippen LogP contribution in [0.2, 0.25) is 0 Å². The molecule has 3 nitrogen and oxygen atoms in total. The van der Waals surface area contributed by atoms with Gasteiger partial charge in [0.05, 0.1) is 11.6 Å². The van der Waals surface area contributed by atoms with E-state index >= 15 is 0 Å². The Labute approximate surface area is 126 Å². The second kappa shape index (κ2) is 6.41. The summed E-state index contributed by atoms with van der Waals surface area (Å²) >= 11 is 0. The number of hydrogen-bond acceptors (Lipinski definition) is 3. The number of rotatable bonds is 3. The van der Waals surface area contributed by atoms with E-state index in [4.69, 9.17) is 5.26 Å². The number of likely N-dealkylation sites (tertiary alicyclic amines) is 1. The average molecular weight is 282 g/mol. The highest BCUT2D eigenvalue weighted by Crippen LogP contribution is 2.33. The molecule has 1 aromatic rings. The van der Waals surface area contributed by atoms with Gasteiger partial charge in [-0.2, -0.15) is 5.26 Å². The van der Waals surface area contributed by atoms with Gasteiger partial charge in [0.25, 0.3) is 0 Å². The Morgan fingerprint density at radius 1 is 1.14 bits per heavy atom. The summed E-state index contributed by atoms with van der Waals surface area (Å²) in [5.41, 5.74) is 1.95. The maximum Gasteiger partial charge on any atom is 0.137 e. The Kier molecular flexibility index (Phi) is 4.36. The Morgan fingerprint density at radius 2 is 1.95 bits per heavy atom. The number of nitrogens with zero attached hydrogens (tertiary/aromatic N) is 2. The third kappa shape index (κ3) is 3.16. The van der Waals surface area contributed by atoms with Crippen LogP contribution in [-0.2, 0) is 11.3 Å². The van der Waals surface area contributed by atoms with Crippen molar-refractivity contribution in [2.75, 3.05) is 6.54 Å². The molecule has 1 aliphatic carbocycles. The molecule has 110 valence electrons. The highest BCUT2D eigenvalue weighted by atomic mass is 16.1. The Hall–Kier alpha value is -1.66. The lowest BCUT2D eigenvalue weighted by Gasteiger charge is -2.33. The van der Waals surface area contributed by atoms with Gasteiger partial charge < -0.3 is 0 Å². The standard InChI is InChI=1S/C18H22N2O/c19-12-14-7-9-15(10-8-14)13-20-11-3-5-17(20)16-4-1-2-6-18(16)21/h7-10,16-17H,1-6,11,13H2. The van der Waals surface area contributed by atoms with Gasteiger partial charge >= 0.3 is 0 Å². The molecular formula is C18H22N2O. The molecule has 2 atom stereocenters. The molecule has 1 saturated heterocycles. The molecule has 3 heteroatoms. The maximum atomic E-state index is 12.2. The van der Waals surface area contributed by atoms with Crippen molar-refractivity contribution < 1.29 is 4.79 Å². The zero-order valence-electron chi connectivity index (χ0n) is 12.4. The van der Waals surface area contributed by atoms with Gasteiger partial charge in [-0.3, -0.25) is 9.69 Å². The summed E-state index contributed by atoms with van der Waals surface area (Å²) in [5.74, 6) is 0.748. The van der Waals surface area contributed by atoms with E-state index in [0.29, 0.717) is 17.4 Å². The van der Waals surface area contributed by atoms with E-state index in [-0.39, 0.29) is 5.92 Å². The van der Waals surface area contributed by atoms with Crippen LogP contribution in [0.4, 0.5) is 0 Å². The van der Waals surface area contributed by atoms with Crippen LogP contribution in [0.15, 0.2) is 24.3 Å². The van der Waals surface area contributed by atoms with Crippen molar-refractivity contribution >= 4 is 5.78 Å². The number of carbonyl (C=O) groups is 1. The van der Waals surface area contributed by atoms with E-state index in [9.17, 15) is 4.79 Å². The second-order valence-electron chi connectivity index (χ2n) is 6.31. The lowest BCUT2D eigenvalue weighted by molar-refractivity contribution is -0.126. The Morgan fingerprint density at radius 3 is 2.67 bits per heavy atom. The van der Waals surface area contributed by atoms with Crippen LogP contribution < -0.4 is 0 Å². The molecule has 2 unspecified atom stereocenters. The van der Waals surface area contributed by atoms with Crippen LogP contribution in [-0.4, -0.2) is 23.3 Å². The summed E-state index contributed by atoms with van der Waals surface area (Å²) in [7, 11) is 0. The first-order chi connectivity index (χ1) is 10.3. The van der Waals surface area contributed by atoms with Crippen molar-refractivity contribution in [3.8, 4) is 6.07 Å². The van der Waals surface area contributed by atoms with Gasteiger partial charge in [-0.25, -0.2) is 0 Å². The fraction of sp³-hybridized carbons (Fsp3) is 0.556. The number of carbonyl (C=O) groups excluding carboxylic acids is 1. The number of benzene rings is 1. The number of hydrogen-bond donors (Lipinski definition) is 0. The summed E-state index contributed by atoms with van der Waals surface area (Å²) in [4.78, 5) is 14.7. The predicted octanol–water partition coefficient (Wildman–Crippen LogP) is 3.28. The first kappa shape index (κ1) is 14.3. The minimum atomic E-state index is 0.264. The summed E-state index contributed by atoms with van der Waals surface area (Å²) in [6, 6.07) is 10.4. The van der Waals surface area contributed by atoms with Gasteiger partial charge in [0, 0.05) is 24.9 Å². The van der Waals surface area contributed by atoms with E-state index < -0.39 is 0 Å². The number of Topliss-reactive ketones (excluding diaryl/α,β-unsaturated/α-hetero) is 1. The quantitative estimate of drug-likeness (QED) is 0.854.